The average molecular weight is 501 g/mol. The van der Waals surface area contributed by atoms with E-state index >= 15 is 0 Å². The highest BCUT2D eigenvalue weighted by atomic mass is 35.5. The molecule has 4 rings (SSSR count). The molecule has 1 aliphatic heterocycles. The number of hydrogen-bond acceptors (Lipinski definition) is 4. The lowest BCUT2D eigenvalue weighted by Gasteiger charge is -2.44. The molecule has 182 valence electrons. The van der Waals surface area contributed by atoms with Crippen LogP contribution in [0.4, 0.5) is 5.69 Å². The molecule has 3 atom stereocenters. The van der Waals surface area contributed by atoms with Crippen LogP contribution in [0, 0.1) is 5.92 Å². The van der Waals surface area contributed by atoms with Gasteiger partial charge in [0.15, 0.2) is 0 Å². The first-order valence-corrected chi connectivity index (χ1v) is 13.3. The third-order valence-electron chi connectivity index (χ3n) is 6.21. The number of carbonyl (C=O) groups is 2. The summed E-state index contributed by atoms with van der Waals surface area (Å²) >= 11 is 8.01. The third-order valence-corrected chi connectivity index (χ3v) is 7.84. The second-order valence-electron chi connectivity index (χ2n) is 10.1. The Balaban J connectivity index is 1.55. The van der Waals surface area contributed by atoms with Crippen LogP contribution in [0.15, 0.2) is 54.6 Å². The molecule has 5 nitrogen and oxygen atoms in total. The zero-order chi connectivity index (χ0) is 24.3. The number of nitrogens with zero attached hydrogens (tertiary/aromatic N) is 1. The molecule has 0 aromatic heterocycles. The number of rotatable bonds is 8. The maximum absolute atomic E-state index is 13.8. The van der Waals surface area contributed by atoms with Crippen LogP contribution < -0.4 is 5.32 Å². The molecule has 1 saturated carbocycles. The summed E-state index contributed by atoms with van der Waals surface area (Å²) in [5.74, 6) is 1.04. The van der Waals surface area contributed by atoms with Gasteiger partial charge in [-0.1, -0.05) is 62.7 Å². The summed E-state index contributed by atoms with van der Waals surface area (Å²) in [6.45, 7) is 6.97. The molecule has 34 heavy (non-hydrogen) atoms. The molecule has 2 fully saturated rings. The second-order valence-corrected chi connectivity index (χ2v) is 12.4. The Hall–Kier alpha value is -2.02. The number of nitrogens with one attached hydrogen (secondary N) is 1. The monoisotopic (exact) mass is 500 g/mol. The minimum atomic E-state index is -0.784. The number of para-hydroxylation sites is 1. The van der Waals surface area contributed by atoms with Gasteiger partial charge in [-0.15, -0.1) is 0 Å². The molecule has 0 spiro atoms. The van der Waals surface area contributed by atoms with Crippen molar-refractivity contribution in [3.63, 3.8) is 0 Å². The van der Waals surface area contributed by atoms with Crippen LogP contribution in [0.5, 0.6) is 0 Å². The average Bonchev–Trinajstić information content (AvgIpc) is 3.62. The SMILES string of the molecule is CC(C)(C)SCC(C1CC1)N1C(=O)C(CC(=O)Nc2ccccc2)OCC1c1ccc(Cl)cc1. The molecule has 1 N–H and O–H groups in total. The summed E-state index contributed by atoms with van der Waals surface area (Å²) in [6.07, 6.45) is 1.48. The summed E-state index contributed by atoms with van der Waals surface area (Å²) in [5.41, 5.74) is 1.72. The van der Waals surface area contributed by atoms with Gasteiger partial charge in [-0.25, -0.2) is 0 Å². The van der Waals surface area contributed by atoms with Gasteiger partial charge >= 0.3 is 0 Å². The Morgan fingerprint density at radius 2 is 1.82 bits per heavy atom. The fraction of sp³-hybridized carbons (Fsp3) is 0.481. The molecule has 2 aromatic carbocycles. The van der Waals surface area contributed by atoms with E-state index in [2.05, 4.69) is 26.1 Å². The number of morpholine rings is 1. The molecule has 1 heterocycles. The lowest BCUT2D eigenvalue weighted by atomic mass is 9.98. The number of carbonyl (C=O) groups excluding carboxylic acids is 2. The van der Waals surface area contributed by atoms with Crippen molar-refractivity contribution in [1.29, 1.82) is 0 Å². The van der Waals surface area contributed by atoms with E-state index in [1.54, 1.807) is 0 Å². The van der Waals surface area contributed by atoms with E-state index < -0.39 is 6.10 Å². The van der Waals surface area contributed by atoms with Gasteiger partial charge < -0.3 is 15.0 Å². The van der Waals surface area contributed by atoms with Crippen LogP contribution in [-0.2, 0) is 14.3 Å². The topological polar surface area (TPSA) is 58.6 Å². The van der Waals surface area contributed by atoms with E-state index in [1.807, 2.05) is 71.3 Å². The third kappa shape index (κ3) is 6.55. The van der Waals surface area contributed by atoms with Crippen molar-refractivity contribution in [3.8, 4) is 0 Å². The van der Waals surface area contributed by atoms with Crippen LogP contribution in [0.1, 0.15) is 51.6 Å². The number of thioether (sulfide) groups is 1. The van der Waals surface area contributed by atoms with Gasteiger partial charge in [-0.3, -0.25) is 9.59 Å². The number of benzene rings is 2. The lowest BCUT2D eigenvalue weighted by Crippen LogP contribution is -2.56. The van der Waals surface area contributed by atoms with Gasteiger partial charge in [0.1, 0.15) is 6.10 Å². The van der Waals surface area contributed by atoms with Crippen molar-refractivity contribution in [2.75, 3.05) is 17.7 Å². The summed E-state index contributed by atoms with van der Waals surface area (Å²) in [7, 11) is 0. The van der Waals surface area contributed by atoms with Gasteiger partial charge in [-0.05, 0) is 48.6 Å². The number of halogens is 1. The van der Waals surface area contributed by atoms with E-state index in [0.29, 0.717) is 23.2 Å². The molecule has 3 unspecified atom stereocenters. The van der Waals surface area contributed by atoms with E-state index in [-0.39, 0.29) is 35.1 Å². The first-order chi connectivity index (χ1) is 16.2. The Kier molecular flexibility index (Phi) is 7.90. The highest BCUT2D eigenvalue weighted by Gasteiger charge is 2.46. The molecule has 0 bridgehead atoms. The van der Waals surface area contributed by atoms with Gasteiger partial charge in [-0.2, -0.15) is 11.8 Å². The molecule has 2 aromatic rings. The first-order valence-electron chi connectivity index (χ1n) is 11.9. The zero-order valence-electron chi connectivity index (χ0n) is 20.0. The standard InChI is InChI=1S/C27H33ClN2O3S/c1-27(2,3)34-17-23(19-9-10-19)30-22(18-11-13-20(28)14-12-18)16-33-24(26(30)32)15-25(31)29-21-7-5-4-6-8-21/h4-8,11-14,19,22-24H,9-10,15-17H2,1-3H3,(H,29,31). The summed E-state index contributed by atoms with van der Waals surface area (Å²) in [5, 5.41) is 3.54. The highest BCUT2D eigenvalue weighted by Crippen LogP contribution is 2.43. The minimum Gasteiger partial charge on any atom is -0.365 e. The predicted octanol–water partition coefficient (Wildman–Crippen LogP) is 5.95. The van der Waals surface area contributed by atoms with Gasteiger partial charge in [0.25, 0.3) is 5.91 Å². The highest BCUT2D eigenvalue weighted by molar-refractivity contribution is 8.00. The molecule has 2 aliphatic rings. The molecule has 1 aliphatic carbocycles. The second kappa shape index (κ2) is 10.7. The summed E-state index contributed by atoms with van der Waals surface area (Å²) in [4.78, 5) is 28.6. The van der Waals surface area contributed by atoms with Crippen molar-refractivity contribution in [3.05, 3.63) is 65.2 Å². The summed E-state index contributed by atoms with van der Waals surface area (Å²) in [6, 6.07) is 16.9. The van der Waals surface area contributed by atoms with Crippen LogP contribution >= 0.6 is 23.4 Å². The van der Waals surface area contributed by atoms with E-state index in [0.717, 1.165) is 24.2 Å². The largest absolute Gasteiger partial charge is 0.365 e. The van der Waals surface area contributed by atoms with Crippen molar-refractivity contribution in [1.82, 2.24) is 4.90 Å². The molecule has 2 amide bonds. The molecular weight excluding hydrogens is 468 g/mol. The van der Waals surface area contributed by atoms with Crippen LogP contribution in [0.25, 0.3) is 0 Å². The number of hydrogen-bond donors (Lipinski definition) is 1. The van der Waals surface area contributed by atoms with E-state index in [4.69, 9.17) is 16.3 Å². The Bertz CT molecular complexity index is 989. The first kappa shape index (κ1) is 25.1. The quantitative estimate of drug-likeness (QED) is 0.486. The van der Waals surface area contributed by atoms with Crippen molar-refractivity contribution in [2.24, 2.45) is 5.92 Å². The Morgan fingerprint density at radius 1 is 1.15 bits per heavy atom. The van der Waals surface area contributed by atoms with Gasteiger partial charge in [0.05, 0.1) is 19.1 Å². The minimum absolute atomic E-state index is 0.00135. The fourth-order valence-electron chi connectivity index (χ4n) is 4.32. The van der Waals surface area contributed by atoms with Crippen molar-refractivity contribution < 1.29 is 14.3 Å². The van der Waals surface area contributed by atoms with Gasteiger partial charge in [0, 0.05) is 27.3 Å². The van der Waals surface area contributed by atoms with Crippen LogP contribution in [-0.4, -0.2) is 46.0 Å². The normalized spacial score (nSPS) is 21.9. The number of anilines is 1. The molecular formula is C27H33ClN2O3S. The molecule has 7 heteroatoms. The lowest BCUT2D eigenvalue weighted by molar-refractivity contribution is -0.166. The predicted molar refractivity (Wildman–Crippen MR) is 139 cm³/mol. The van der Waals surface area contributed by atoms with Gasteiger partial charge in [0.2, 0.25) is 5.91 Å². The zero-order valence-corrected chi connectivity index (χ0v) is 21.6. The van der Waals surface area contributed by atoms with E-state index in [1.165, 1.54) is 0 Å². The van der Waals surface area contributed by atoms with Crippen molar-refractivity contribution in [2.45, 2.75) is 63.0 Å². The maximum atomic E-state index is 13.8. The summed E-state index contributed by atoms with van der Waals surface area (Å²) < 4.78 is 6.13. The van der Waals surface area contributed by atoms with Crippen LogP contribution in [0.3, 0.4) is 0 Å². The number of ether oxygens (including phenoxy) is 1. The Labute approximate surface area is 211 Å². The molecule has 0 radical (unpaired) electrons. The smallest absolute Gasteiger partial charge is 0.253 e. The van der Waals surface area contributed by atoms with Crippen LogP contribution in [0.2, 0.25) is 5.02 Å². The molecule has 1 saturated heterocycles. The maximum Gasteiger partial charge on any atom is 0.253 e. The number of amides is 2. The fourth-order valence-corrected chi connectivity index (χ4v) is 5.55. The van der Waals surface area contributed by atoms with Crippen molar-refractivity contribution >= 4 is 40.9 Å². The Morgan fingerprint density at radius 3 is 2.44 bits per heavy atom. The van der Waals surface area contributed by atoms with E-state index in [9.17, 15) is 9.59 Å².